The van der Waals surface area contributed by atoms with Crippen LogP contribution >= 0.6 is 0 Å². The number of carbonyl (C=O) groups is 1. The molecule has 19 heavy (non-hydrogen) atoms. The summed E-state index contributed by atoms with van der Waals surface area (Å²) in [4.78, 5) is 17.4. The van der Waals surface area contributed by atoms with Crippen LogP contribution in [0, 0.1) is 0 Å². The molecule has 0 unspecified atom stereocenters. The van der Waals surface area contributed by atoms with Gasteiger partial charge in [-0.25, -0.2) is 0 Å². The van der Waals surface area contributed by atoms with Crippen LogP contribution in [0.5, 0.6) is 0 Å². The molecule has 7 nitrogen and oxygen atoms in total. The van der Waals surface area contributed by atoms with Gasteiger partial charge < -0.3 is 20.5 Å². The van der Waals surface area contributed by atoms with Crippen molar-refractivity contribution in [2.24, 2.45) is 0 Å². The van der Waals surface area contributed by atoms with Gasteiger partial charge in [0.1, 0.15) is 0 Å². The number of nitrogens with zero attached hydrogens (tertiary/aromatic N) is 3. The number of nitrogens with two attached hydrogens (primary N) is 1. The molecule has 0 aliphatic heterocycles. The third kappa shape index (κ3) is 3.01. The van der Waals surface area contributed by atoms with Crippen molar-refractivity contribution in [3.8, 4) is 0 Å². The Labute approximate surface area is 110 Å². The molecule has 7 heteroatoms. The first-order valence-corrected chi connectivity index (χ1v) is 5.68. The summed E-state index contributed by atoms with van der Waals surface area (Å²) in [5, 5.41) is 6.77. The molecule has 2 aromatic rings. The van der Waals surface area contributed by atoms with E-state index >= 15 is 0 Å². The van der Waals surface area contributed by atoms with Crippen LogP contribution in [0.25, 0.3) is 0 Å². The maximum absolute atomic E-state index is 12.0. The van der Waals surface area contributed by atoms with Crippen LogP contribution in [-0.4, -0.2) is 35.0 Å². The Hall–Kier alpha value is -2.57. The molecule has 1 aromatic heterocycles. The number of rotatable bonds is 4. The molecule has 0 saturated carbocycles. The number of anilines is 2. The van der Waals surface area contributed by atoms with E-state index in [1.165, 1.54) is 11.3 Å². The molecule has 0 radical (unpaired) electrons. The molecule has 0 aliphatic carbocycles. The minimum Gasteiger partial charge on any atom is -0.399 e. The van der Waals surface area contributed by atoms with E-state index in [0.717, 1.165) is 0 Å². The number of nitrogen functional groups attached to an aromatic ring is 1. The monoisotopic (exact) mass is 261 g/mol. The summed E-state index contributed by atoms with van der Waals surface area (Å²) in [7, 11) is 3.39. The van der Waals surface area contributed by atoms with Gasteiger partial charge in [-0.3, -0.25) is 4.79 Å². The van der Waals surface area contributed by atoms with E-state index in [1.807, 2.05) is 0 Å². The summed E-state index contributed by atoms with van der Waals surface area (Å²) in [6.45, 7) is 0.355. The first kappa shape index (κ1) is 12.9. The number of benzene rings is 1. The van der Waals surface area contributed by atoms with E-state index in [1.54, 1.807) is 32.3 Å². The SMILES string of the molecule is CN(C)C(=O)c1ccc(N)cc1NCc1ncon1. The maximum Gasteiger partial charge on any atom is 0.255 e. The summed E-state index contributed by atoms with van der Waals surface area (Å²) >= 11 is 0. The van der Waals surface area contributed by atoms with E-state index in [-0.39, 0.29) is 5.91 Å². The molecule has 0 atom stereocenters. The summed E-state index contributed by atoms with van der Waals surface area (Å²) < 4.78 is 4.64. The molecule has 1 heterocycles. The van der Waals surface area contributed by atoms with Gasteiger partial charge in [0.05, 0.1) is 12.1 Å². The van der Waals surface area contributed by atoms with Gasteiger partial charge in [-0.2, -0.15) is 4.98 Å². The van der Waals surface area contributed by atoms with Crippen molar-refractivity contribution in [1.29, 1.82) is 0 Å². The van der Waals surface area contributed by atoms with Crippen LogP contribution in [0.3, 0.4) is 0 Å². The van der Waals surface area contributed by atoms with Gasteiger partial charge >= 0.3 is 0 Å². The lowest BCUT2D eigenvalue weighted by Crippen LogP contribution is -2.23. The van der Waals surface area contributed by atoms with Gasteiger partial charge in [-0.15, -0.1) is 0 Å². The Kier molecular flexibility index (Phi) is 3.65. The fraction of sp³-hybridized carbons (Fsp3) is 0.250. The standard InChI is InChI=1S/C12H15N5O2/c1-17(2)12(18)9-4-3-8(13)5-10(9)14-6-11-15-7-19-16-11/h3-5,7,14H,6,13H2,1-2H3. The predicted molar refractivity (Wildman–Crippen MR) is 70.5 cm³/mol. The average molecular weight is 261 g/mol. The molecule has 1 amide bonds. The van der Waals surface area contributed by atoms with E-state index < -0.39 is 0 Å². The number of carbonyl (C=O) groups excluding carboxylic acids is 1. The first-order valence-electron chi connectivity index (χ1n) is 5.68. The Balaban J connectivity index is 2.22. The molecule has 100 valence electrons. The molecular formula is C12H15N5O2. The zero-order chi connectivity index (χ0) is 13.8. The molecule has 3 N–H and O–H groups in total. The summed E-state index contributed by atoms with van der Waals surface area (Å²) in [6.07, 6.45) is 1.25. The van der Waals surface area contributed by atoms with Crippen molar-refractivity contribution in [2.75, 3.05) is 25.1 Å². The summed E-state index contributed by atoms with van der Waals surface area (Å²) in [6, 6.07) is 5.09. The smallest absolute Gasteiger partial charge is 0.255 e. The van der Waals surface area contributed by atoms with Crippen molar-refractivity contribution in [1.82, 2.24) is 15.0 Å². The molecule has 2 rings (SSSR count). The van der Waals surface area contributed by atoms with Gasteiger partial charge in [-0.1, -0.05) is 5.16 Å². The first-order chi connectivity index (χ1) is 9.08. The molecule has 0 aliphatic rings. The second kappa shape index (κ2) is 5.38. The Morgan fingerprint density at radius 1 is 1.47 bits per heavy atom. The minimum atomic E-state index is -0.101. The average Bonchev–Trinajstić information content (AvgIpc) is 2.88. The predicted octanol–water partition coefficient (Wildman–Crippen LogP) is 0.966. The number of nitrogens with one attached hydrogen (secondary N) is 1. The van der Waals surface area contributed by atoms with Crippen LogP contribution in [0.2, 0.25) is 0 Å². The quantitative estimate of drug-likeness (QED) is 0.796. The van der Waals surface area contributed by atoms with Gasteiger partial charge in [-0.05, 0) is 18.2 Å². The molecule has 0 fully saturated rings. The van der Waals surface area contributed by atoms with Crippen molar-refractivity contribution in [3.05, 3.63) is 36.0 Å². The lowest BCUT2D eigenvalue weighted by Gasteiger charge is -2.15. The van der Waals surface area contributed by atoms with E-state index in [2.05, 4.69) is 20.0 Å². The van der Waals surface area contributed by atoms with Crippen LogP contribution in [-0.2, 0) is 6.54 Å². The van der Waals surface area contributed by atoms with Crippen LogP contribution in [0.1, 0.15) is 16.2 Å². The number of aromatic nitrogens is 2. The highest BCUT2D eigenvalue weighted by molar-refractivity contribution is 5.99. The van der Waals surface area contributed by atoms with Crippen LogP contribution in [0.4, 0.5) is 11.4 Å². The third-order valence-electron chi connectivity index (χ3n) is 2.52. The topological polar surface area (TPSA) is 97.3 Å². The molecule has 1 aromatic carbocycles. The molecule has 0 bridgehead atoms. The zero-order valence-corrected chi connectivity index (χ0v) is 10.8. The zero-order valence-electron chi connectivity index (χ0n) is 10.8. The number of hydrogen-bond acceptors (Lipinski definition) is 6. The van der Waals surface area contributed by atoms with E-state index in [0.29, 0.717) is 29.3 Å². The van der Waals surface area contributed by atoms with Crippen molar-refractivity contribution < 1.29 is 9.32 Å². The third-order valence-corrected chi connectivity index (χ3v) is 2.52. The van der Waals surface area contributed by atoms with Crippen molar-refractivity contribution in [2.45, 2.75) is 6.54 Å². The molecule has 0 spiro atoms. The highest BCUT2D eigenvalue weighted by Crippen LogP contribution is 2.21. The second-order valence-corrected chi connectivity index (χ2v) is 4.21. The Bertz CT molecular complexity index is 566. The van der Waals surface area contributed by atoms with Crippen LogP contribution in [0.15, 0.2) is 29.1 Å². The second-order valence-electron chi connectivity index (χ2n) is 4.21. The van der Waals surface area contributed by atoms with Crippen LogP contribution < -0.4 is 11.1 Å². The fourth-order valence-corrected chi connectivity index (χ4v) is 1.58. The van der Waals surface area contributed by atoms with Gasteiger partial charge in [0.25, 0.3) is 5.91 Å². The van der Waals surface area contributed by atoms with Gasteiger partial charge in [0.15, 0.2) is 5.82 Å². The largest absolute Gasteiger partial charge is 0.399 e. The number of hydrogen-bond donors (Lipinski definition) is 2. The lowest BCUT2D eigenvalue weighted by molar-refractivity contribution is 0.0828. The Morgan fingerprint density at radius 3 is 2.89 bits per heavy atom. The van der Waals surface area contributed by atoms with Gasteiger partial charge in [0.2, 0.25) is 6.39 Å². The molecule has 0 saturated heterocycles. The van der Waals surface area contributed by atoms with Gasteiger partial charge in [0, 0.05) is 25.5 Å². The Morgan fingerprint density at radius 2 is 2.26 bits per heavy atom. The highest BCUT2D eigenvalue weighted by atomic mass is 16.5. The number of amides is 1. The summed E-state index contributed by atoms with van der Waals surface area (Å²) in [5.41, 5.74) is 7.50. The van der Waals surface area contributed by atoms with E-state index in [4.69, 9.17) is 5.73 Å². The maximum atomic E-state index is 12.0. The van der Waals surface area contributed by atoms with Crippen molar-refractivity contribution in [3.63, 3.8) is 0 Å². The highest BCUT2D eigenvalue weighted by Gasteiger charge is 2.13. The summed E-state index contributed by atoms with van der Waals surface area (Å²) in [5.74, 6) is 0.404. The molecular weight excluding hydrogens is 246 g/mol. The normalized spacial score (nSPS) is 10.2. The van der Waals surface area contributed by atoms with E-state index in [9.17, 15) is 4.79 Å². The van der Waals surface area contributed by atoms with Crippen molar-refractivity contribution >= 4 is 17.3 Å². The fourth-order valence-electron chi connectivity index (χ4n) is 1.58. The lowest BCUT2D eigenvalue weighted by atomic mass is 10.1. The minimum absolute atomic E-state index is 0.101.